The highest BCUT2D eigenvalue weighted by Crippen LogP contribution is 2.33. The molecule has 2 rings (SSSR count). The highest BCUT2D eigenvalue weighted by atomic mass is 32.2. The van der Waals surface area contributed by atoms with Gasteiger partial charge in [-0.2, -0.15) is 8.78 Å². The van der Waals surface area contributed by atoms with Gasteiger partial charge in [-0.25, -0.2) is 8.42 Å². The summed E-state index contributed by atoms with van der Waals surface area (Å²) in [7, 11) is -4.67. The summed E-state index contributed by atoms with van der Waals surface area (Å²) in [5, 5.41) is 2.42. The summed E-state index contributed by atoms with van der Waals surface area (Å²) in [4.78, 5) is 11.1. The molecule has 1 aliphatic rings. The lowest BCUT2D eigenvalue weighted by Gasteiger charge is -2.11. The fourth-order valence-corrected chi connectivity index (χ4v) is 2.24. The molecule has 0 spiro atoms. The number of hydrogen-bond acceptors (Lipinski definition) is 4. The third-order valence-corrected chi connectivity index (χ3v) is 4.28. The van der Waals surface area contributed by atoms with E-state index >= 15 is 0 Å². The van der Waals surface area contributed by atoms with Gasteiger partial charge in [0, 0.05) is 5.69 Å². The molecular weight excluding hydrogens is 278 g/mol. The third kappa shape index (κ3) is 2.74. The van der Waals surface area contributed by atoms with Crippen LogP contribution in [0.3, 0.4) is 0 Å². The summed E-state index contributed by atoms with van der Waals surface area (Å²) in [6, 6.07) is 4.73. The molecule has 1 aromatic rings. The van der Waals surface area contributed by atoms with Crippen molar-refractivity contribution in [2.75, 3.05) is 5.32 Å². The number of halogens is 2. The number of anilines is 1. The van der Waals surface area contributed by atoms with Crippen LogP contribution in [0.2, 0.25) is 0 Å². The van der Waals surface area contributed by atoms with E-state index in [4.69, 9.17) is 5.73 Å². The Morgan fingerprint density at radius 3 is 2.53 bits per heavy atom. The standard InChI is InChI=1S/C11H12F2N2O3S/c12-10(13)19(17,18)8-3-1-2-7(6-8)15-9(16)11(14)4-5-11/h1-3,6,10H,4-5,14H2,(H,15,16). The second kappa shape index (κ2) is 4.53. The van der Waals surface area contributed by atoms with Gasteiger partial charge in [-0.1, -0.05) is 6.07 Å². The minimum atomic E-state index is -4.67. The van der Waals surface area contributed by atoms with E-state index in [1.165, 1.54) is 12.1 Å². The van der Waals surface area contributed by atoms with Gasteiger partial charge in [0.1, 0.15) is 0 Å². The Hall–Kier alpha value is -1.54. The second-order valence-electron chi connectivity index (χ2n) is 4.44. The van der Waals surface area contributed by atoms with Gasteiger partial charge in [0.15, 0.2) is 0 Å². The molecule has 0 unspecified atom stereocenters. The van der Waals surface area contributed by atoms with E-state index < -0.39 is 31.9 Å². The summed E-state index contributed by atoms with van der Waals surface area (Å²) in [5.41, 5.74) is 4.87. The SMILES string of the molecule is NC1(C(=O)Nc2cccc(S(=O)(=O)C(F)F)c2)CC1. The molecule has 0 aromatic heterocycles. The van der Waals surface area contributed by atoms with Crippen molar-refractivity contribution in [3.8, 4) is 0 Å². The van der Waals surface area contributed by atoms with E-state index in [1.807, 2.05) is 0 Å². The number of rotatable bonds is 4. The molecule has 1 fully saturated rings. The predicted octanol–water partition coefficient (Wildman–Crippen LogP) is 1.11. The Morgan fingerprint density at radius 1 is 1.37 bits per heavy atom. The summed E-state index contributed by atoms with van der Waals surface area (Å²) < 4.78 is 47.4. The van der Waals surface area contributed by atoms with Crippen molar-refractivity contribution >= 4 is 21.4 Å². The second-order valence-corrected chi connectivity index (χ2v) is 6.36. The number of nitrogens with two attached hydrogens (primary N) is 1. The van der Waals surface area contributed by atoms with Crippen molar-refractivity contribution in [1.29, 1.82) is 0 Å². The summed E-state index contributed by atoms with van der Waals surface area (Å²) in [5.74, 6) is -3.94. The maximum Gasteiger partial charge on any atom is 0.341 e. The van der Waals surface area contributed by atoms with Crippen molar-refractivity contribution in [3.05, 3.63) is 24.3 Å². The topological polar surface area (TPSA) is 89.3 Å². The number of alkyl halides is 2. The Kier molecular flexibility index (Phi) is 3.31. The maximum atomic E-state index is 12.4. The molecule has 0 heterocycles. The molecule has 0 bridgehead atoms. The number of hydrogen-bond donors (Lipinski definition) is 2. The lowest BCUT2D eigenvalue weighted by atomic mass is 10.2. The average Bonchev–Trinajstić information content (AvgIpc) is 3.09. The summed E-state index contributed by atoms with van der Waals surface area (Å²) in [6.45, 7) is 0. The zero-order valence-corrected chi connectivity index (χ0v) is 10.6. The zero-order valence-electron chi connectivity index (χ0n) is 9.77. The average molecular weight is 290 g/mol. The maximum absolute atomic E-state index is 12.4. The molecule has 0 aliphatic heterocycles. The van der Waals surface area contributed by atoms with Crippen molar-refractivity contribution < 1.29 is 22.0 Å². The number of sulfone groups is 1. The van der Waals surface area contributed by atoms with Crippen LogP contribution in [-0.2, 0) is 14.6 Å². The number of nitrogens with one attached hydrogen (secondary N) is 1. The van der Waals surface area contributed by atoms with Crippen LogP contribution in [0.25, 0.3) is 0 Å². The first kappa shape index (κ1) is 13.9. The molecular formula is C11H12F2N2O3S. The molecule has 8 heteroatoms. The van der Waals surface area contributed by atoms with Gasteiger partial charge in [0.05, 0.1) is 10.4 Å². The summed E-state index contributed by atoms with van der Waals surface area (Å²) in [6.07, 6.45) is 1.10. The molecule has 0 saturated heterocycles. The highest BCUT2D eigenvalue weighted by molar-refractivity contribution is 7.91. The third-order valence-electron chi connectivity index (χ3n) is 2.90. The first-order valence-electron chi connectivity index (χ1n) is 5.48. The highest BCUT2D eigenvalue weighted by Gasteiger charge is 2.46. The monoisotopic (exact) mass is 290 g/mol. The number of carbonyl (C=O) groups is 1. The Morgan fingerprint density at radius 2 is 2.00 bits per heavy atom. The number of carbonyl (C=O) groups excluding carboxylic acids is 1. The van der Waals surface area contributed by atoms with Crippen LogP contribution in [0.15, 0.2) is 29.2 Å². The lowest BCUT2D eigenvalue weighted by molar-refractivity contribution is -0.118. The first-order chi connectivity index (χ1) is 8.75. The number of amides is 1. The molecule has 1 saturated carbocycles. The van der Waals surface area contributed by atoms with Crippen molar-refractivity contribution in [2.24, 2.45) is 5.73 Å². The minimum absolute atomic E-state index is 0.128. The van der Waals surface area contributed by atoms with Gasteiger partial charge >= 0.3 is 5.76 Å². The molecule has 104 valence electrons. The molecule has 5 nitrogen and oxygen atoms in total. The lowest BCUT2D eigenvalue weighted by Crippen LogP contribution is -2.37. The van der Waals surface area contributed by atoms with Crippen LogP contribution in [0.1, 0.15) is 12.8 Å². The Balaban J connectivity index is 2.23. The van der Waals surface area contributed by atoms with Crippen molar-refractivity contribution in [3.63, 3.8) is 0 Å². The quantitative estimate of drug-likeness (QED) is 0.869. The van der Waals surface area contributed by atoms with Crippen LogP contribution in [0, 0.1) is 0 Å². The van der Waals surface area contributed by atoms with E-state index in [0.717, 1.165) is 12.1 Å². The molecule has 19 heavy (non-hydrogen) atoms. The van der Waals surface area contributed by atoms with Crippen LogP contribution in [0.5, 0.6) is 0 Å². The Bertz CT molecular complexity index is 612. The predicted molar refractivity (Wildman–Crippen MR) is 64.4 cm³/mol. The Labute approximate surface area is 108 Å². The van der Waals surface area contributed by atoms with Gasteiger partial charge in [-0.05, 0) is 31.0 Å². The molecule has 0 radical (unpaired) electrons. The molecule has 1 aliphatic carbocycles. The van der Waals surface area contributed by atoms with Crippen LogP contribution in [-0.4, -0.2) is 25.6 Å². The smallest absolute Gasteiger partial charge is 0.324 e. The van der Waals surface area contributed by atoms with Gasteiger partial charge < -0.3 is 11.1 Å². The minimum Gasteiger partial charge on any atom is -0.324 e. The zero-order chi connectivity index (χ0) is 14.3. The van der Waals surface area contributed by atoms with E-state index in [0.29, 0.717) is 12.8 Å². The fourth-order valence-electron chi connectivity index (χ4n) is 1.47. The van der Waals surface area contributed by atoms with Crippen LogP contribution in [0.4, 0.5) is 14.5 Å². The van der Waals surface area contributed by atoms with Gasteiger partial charge in [0.2, 0.25) is 15.7 Å². The van der Waals surface area contributed by atoms with Crippen molar-refractivity contribution in [1.82, 2.24) is 0 Å². The van der Waals surface area contributed by atoms with Gasteiger partial charge in [-0.3, -0.25) is 4.79 Å². The molecule has 1 amide bonds. The van der Waals surface area contributed by atoms with E-state index in [1.54, 1.807) is 0 Å². The van der Waals surface area contributed by atoms with Crippen molar-refractivity contribution in [2.45, 2.75) is 29.0 Å². The largest absolute Gasteiger partial charge is 0.341 e. The van der Waals surface area contributed by atoms with Gasteiger partial charge in [-0.15, -0.1) is 0 Å². The fraction of sp³-hybridized carbons (Fsp3) is 0.364. The molecule has 3 N–H and O–H groups in total. The van der Waals surface area contributed by atoms with E-state index in [-0.39, 0.29) is 5.69 Å². The molecule has 1 aromatic carbocycles. The first-order valence-corrected chi connectivity index (χ1v) is 7.03. The van der Waals surface area contributed by atoms with E-state index in [2.05, 4.69) is 5.32 Å². The van der Waals surface area contributed by atoms with Crippen LogP contribution < -0.4 is 11.1 Å². The molecule has 0 atom stereocenters. The summed E-state index contributed by atoms with van der Waals surface area (Å²) >= 11 is 0. The van der Waals surface area contributed by atoms with Crippen LogP contribution >= 0.6 is 0 Å². The van der Waals surface area contributed by atoms with E-state index in [9.17, 15) is 22.0 Å². The number of benzene rings is 1. The normalized spacial score (nSPS) is 17.3. The van der Waals surface area contributed by atoms with Gasteiger partial charge in [0.25, 0.3) is 0 Å².